The fourth-order valence-electron chi connectivity index (χ4n) is 2.65. The second-order valence-corrected chi connectivity index (χ2v) is 4.14. The Morgan fingerprint density at radius 3 is 3.00 bits per heavy atom. The van der Waals surface area contributed by atoms with Gasteiger partial charge in [-0.3, -0.25) is 4.79 Å². The topological polar surface area (TPSA) is 38.3 Å². The molecule has 0 amide bonds. The van der Waals surface area contributed by atoms with Crippen molar-refractivity contribution in [3.05, 3.63) is 0 Å². The molecular formula is C10H18ClNO2. The van der Waals surface area contributed by atoms with E-state index in [1.807, 2.05) is 0 Å². The van der Waals surface area contributed by atoms with E-state index in [9.17, 15) is 4.79 Å². The molecule has 82 valence electrons. The highest BCUT2D eigenvalue weighted by Crippen LogP contribution is 2.44. The van der Waals surface area contributed by atoms with Gasteiger partial charge in [0.2, 0.25) is 0 Å². The highest BCUT2D eigenvalue weighted by molar-refractivity contribution is 5.85. The van der Waals surface area contributed by atoms with Crippen molar-refractivity contribution in [2.75, 3.05) is 20.2 Å². The first kappa shape index (κ1) is 11.8. The molecule has 1 aliphatic carbocycles. The van der Waals surface area contributed by atoms with E-state index in [0.29, 0.717) is 5.92 Å². The van der Waals surface area contributed by atoms with Crippen LogP contribution in [0.5, 0.6) is 0 Å². The van der Waals surface area contributed by atoms with Gasteiger partial charge in [0, 0.05) is 0 Å². The number of halogens is 1. The average molecular weight is 220 g/mol. The van der Waals surface area contributed by atoms with Crippen LogP contribution in [0.15, 0.2) is 0 Å². The molecule has 3 unspecified atom stereocenters. The van der Waals surface area contributed by atoms with Gasteiger partial charge in [-0.15, -0.1) is 12.4 Å². The maximum Gasteiger partial charge on any atom is 0.308 e. The van der Waals surface area contributed by atoms with E-state index in [0.717, 1.165) is 25.4 Å². The molecule has 2 aliphatic rings. The molecule has 0 radical (unpaired) electrons. The van der Waals surface area contributed by atoms with E-state index < -0.39 is 0 Å². The minimum Gasteiger partial charge on any atom is -0.469 e. The third-order valence-electron chi connectivity index (χ3n) is 3.48. The lowest BCUT2D eigenvalue weighted by atomic mass is 9.63. The maximum atomic E-state index is 11.3. The van der Waals surface area contributed by atoms with Crippen molar-refractivity contribution < 1.29 is 9.53 Å². The van der Waals surface area contributed by atoms with Crippen LogP contribution in [0.25, 0.3) is 0 Å². The molecule has 2 fully saturated rings. The van der Waals surface area contributed by atoms with Crippen molar-refractivity contribution in [2.45, 2.75) is 19.3 Å². The number of nitrogens with one attached hydrogen (secondary N) is 1. The van der Waals surface area contributed by atoms with Crippen LogP contribution in [0.1, 0.15) is 19.3 Å². The number of hydrogen-bond donors (Lipinski definition) is 1. The molecule has 0 spiro atoms. The molecule has 1 saturated carbocycles. The lowest BCUT2D eigenvalue weighted by Gasteiger charge is -2.41. The summed E-state index contributed by atoms with van der Waals surface area (Å²) in [6.07, 6.45) is 3.43. The molecule has 0 aromatic heterocycles. The highest BCUT2D eigenvalue weighted by atomic mass is 35.5. The third kappa shape index (κ3) is 2.04. The zero-order valence-corrected chi connectivity index (χ0v) is 9.31. The van der Waals surface area contributed by atoms with Gasteiger partial charge < -0.3 is 10.1 Å². The van der Waals surface area contributed by atoms with Crippen LogP contribution < -0.4 is 5.32 Å². The van der Waals surface area contributed by atoms with Crippen LogP contribution in [0, 0.1) is 17.8 Å². The van der Waals surface area contributed by atoms with Gasteiger partial charge in [0.1, 0.15) is 0 Å². The Balaban J connectivity index is 0.000000980. The molecule has 3 nitrogen and oxygen atoms in total. The van der Waals surface area contributed by atoms with E-state index in [2.05, 4.69) is 5.32 Å². The highest BCUT2D eigenvalue weighted by Gasteiger charge is 2.45. The summed E-state index contributed by atoms with van der Waals surface area (Å²) in [6.45, 7) is 2.21. The Kier molecular flexibility index (Phi) is 4.20. The molecule has 3 atom stereocenters. The molecule has 14 heavy (non-hydrogen) atoms. The van der Waals surface area contributed by atoms with Gasteiger partial charge in [0.05, 0.1) is 13.0 Å². The summed E-state index contributed by atoms with van der Waals surface area (Å²) in [5.41, 5.74) is 0. The van der Waals surface area contributed by atoms with E-state index in [1.54, 1.807) is 0 Å². The first-order valence-corrected chi connectivity index (χ1v) is 5.11. The van der Waals surface area contributed by atoms with E-state index in [4.69, 9.17) is 4.74 Å². The number of methoxy groups -OCH3 is 1. The SMILES string of the molecule is COC(=O)C1CC2CNCCCC21.Cl. The Labute approximate surface area is 91.0 Å². The number of carbonyl (C=O) groups excluding carboxylic acids is 1. The summed E-state index contributed by atoms with van der Waals surface area (Å²) in [7, 11) is 1.49. The van der Waals surface area contributed by atoms with Crippen LogP contribution in [0.2, 0.25) is 0 Å². The number of rotatable bonds is 1. The number of fused-ring (bicyclic) bond motifs is 1. The molecule has 1 heterocycles. The molecule has 1 aliphatic heterocycles. The summed E-state index contributed by atoms with van der Waals surface area (Å²) in [6, 6.07) is 0. The van der Waals surface area contributed by atoms with Crippen LogP contribution in [0.3, 0.4) is 0 Å². The van der Waals surface area contributed by atoms with Crippen molar-refractivity contribution in [1.29, 1.82) is 0 Å². The molecule has 4 heteroatoms. The van der Waals surface area contributed by atoms with Crippen molar-refractivity contribution in [3.63, 3.8) is 0 Å². The van der Waals surface area contributed by atoms with E-state index >= 15 is 0 Å². The van der Waals surface area contributed by atoms with Gasteiger partial charge >= 0.3 is 5.97 Å². The predicted molar refractivity (Wildman–Crippen MR) is 56.5 cm³/mol. The summed E-state index contributed by atoms with van der Waals surface area (Å²) < 4.78 is 4.78. The third-order valence-corrected chi connectivity index (χ3v) is 3.48. The number of esters is 1. The minimum atomic E-state index is 0. The summed E-state index contributed by atoms with van der Waals surface area (Å²) >= 11 is 0. The van der Waals surface area contributed by atoms with Gasteiger partial charge in [-0.1, -0.05) is 0 Å². The second-order valence-electron chi connectivity index (χ2n) is 4.14. The first-order chi connectivity index (χ1) is 6.33. The summed E-state index contributed by atoms with van der Waals surface area (Å²) in [4.78, 5) is 11.3. The average Bonchev–Trinajstić information content (AvgIpc) is 2.29. The number of ether oxygens (including phenoxy) is 1. The van der Waals surface area contributed by atoms with E-state index in [1.165, 1.54) is 20.0 Å². The quantitative estimate of drug-likeness (QED) is 0.674. The zero-order valence-electron chi connectivity index (χ0n) is 8.49. The maximum absolute atomic E-state index is 11.3. The largest absolute Gasteiger partial charge is 0.469 e. The number of hydrogen-bond acceptors (Lipinski definition) is 3. The molecule has 0 aromatic rings. The fourth-order valence-corrected chi connectivity index (χ4v) is 2.65. The van der Waals surface area contributed by atoms with Gasteiger partial charge in [0.15, 0.2) is 0 Å². The summed E-state index contributed by atoms with van der Waals surface area (Å²) in [5, 5.41) is 3.40. The number of carbonyl (C=O) groups is 1. The van der Waals surface area contributed by atoms with Crippen LogP contribution in [-0.2, 0) is 9.53 Å². The monoisotopic (exact) mass is 219 g/mol. The van der Waals surface area contributed by atoms with E-state index in [-0.39, 0.29) is 24.3 Å². The molecular weight excluding hydrogens is 202 g/mol. The molecule has 0 aromatic carbocycles. The Bertz CT molecular complexity index is 210. The molecule has 0 bridgehead atoms. The van der Waals surface area contributed by atoms with Crippen molar-refractivity contribution >= 4 is 18.4 Å². The van der Waals surface area contributed by atoms with Crippen molar-refractivity contribution in [3.8, 4) is 0 Å². The smallest absolute Gasteiger partial charge is 0.308 e. The van der Waals surface area contributed by atoms with Gasteiger partial charge in [-0.2, -0.15) is 0 Å². The molecule has 1 N–H and O–H groups in total. The van der Waals surface area contributed by atoms with Gasteiger partial charge in [0.25, 0.3) is 0 Å². The van der Waals surface area contributed by atoms with Crippen molar-refractivity contribution in [2.24, 2.45) is 17.8 Å². The van der Waals surface area contributed by atoms with Crippen LogP contribution in [-0.4, -0.2) is 26.2 Å². The lowest BCUT2D eigenvalue weighted by molar-refractivity contribution is -0.154. The minimum absolute atomic E-state index is 0. The first-order valence-electron chi connectivity index (χ1n) is 5.11. The van der Waals surface area contributed by atoms with Crippen LogP contribution >= 0.6 is 12.4 Å². The Hall–Kier alpha value is -0.280. The Morgan fingerprint density at radius 2 is 2.29 bits per heavy atom. The predicted octanol–water partition coefficient (Wildman–Crippen LogP) is 1.22. The fraction of sp³-hybridized carbons (Fsp3) is 0.900. The molecule has 1 saturated heterocycles. The van der Waals surface area contributed by atoms with Crippen LogP contribution in [0.4, 0.5) is 0 Å². The lowest BCUT2D eigenvalue weighted by Crippen LogP contribution is -2.44. The van der Waals surface area contributed by atoms with Gasteiger partial charge in [-0.25, -0.2) is 0 Å². The normalized spacial score (nSPS) is 35.6. The van der Waals surface area contributed by atoms with Gasteiger partial charge in [-0.05, 0) is 44.2 Å². The standard InChI is InChI=1S/C10H17NO2.ClH/c1-13-10(12)9-5-7-6-11-4-2-3-8(7)9;/h7-9,11H,2-6H2,1H3;1H. The Morgan fingerprint density at radius 1 is 1.50 bits per heavy atom. The van der Waals surface area contributed by atoms with Crippen molar-refractivity contribution in [1.82, 2.24) is 5.32 Å². The zero-order chi connectivity index (χ0) is 9.26. The second kappa shape index (κ2) is 4.99. The molecule has 2 rings (SSSR count). The summed E-state index contributed by atoms with van der Waals surface area (Å²) in [5.74, 6) is 1.53.